The first kappa shape index (κ1) is 56.2. The van der Waals surface area contributed by atoms with Crippen molar-refractivity contribution in [3.8, 4) is 0 Å². The van der Waals surface area contributed by atoms with E-state index in [1.54, 1.807) is 0 Å². The normalized spacial score (nSPS) is 20.0. The first-order valence-corrected chi connectivity index (χ1v) is 25.6. The van der Waals surface area contributed by atoms with Crippen LogP contribution in [-0.4, -0.2) is 89.6 Å². The molecule has 0 aromatic rings. The van der Waals surface area contributed by atoms with Crippen molar-refractivity contribution in [2.45, 2.75) is 288 Å². The lowest BCUT2D eigenvalue weighted by molar-refractivity contribution is -0.305. The minimum Gasteiger partial charge on any atom is -0.457 e. The van der Waals surface area contributed by atoms with Gasteiger partial charge in [-0.3, -0.25) is 4.79 Å². The zero-order valence-electron chi connectivity index (χ0n) is 38.8. The van der Waals surface area contributed by atoms with E-state index in [9.17, 15) is 25.2 Å². The minimum absolute atomic E-state index is 0.105. The Morgan fingerprint density at radius 3 is 1.20 bits per heavy atom. The summed E-state index contributed by atoms with van der Waals surface area (Å²) in [5.74, 6) is -0.306. The lowest BCUT2D eigenvalue weighted by Crippen LogP contribution is -2.59. The average Bonchev–Trinajstić information content (AvgIpc) is 3.24. The van der Waals surface area contributed by atoms with E-state index in [0.717, 1.165) is 32.1 Å². The molecule has 0 aliphatic carbocycles. The van der Waals surface area contributed by atoms with Crippen molar-refractivity contribution in [1.29, 1.82) is 0 Å². The number of carbonyl (C=O) groups excluding carboxylic acids is 1. The van der Waals surface area contributed by atoms with Crippen molar-refractivity contribution < 1.29 is 44.2 Å². The molecule has 4 N–H and O–H groups in total. The molecule has 0 radical (unpaired) electrons. The molecule has 1 saturated heterocycles. The number of unbranched alkanes of at least 4 members (excludes halogenated alkanes) is 34. The standard InChI is InChI=1S/C50H98O9/c1-3-5-7-9-11-13-15-17-19-20-21-22-23-24-26-28-30-32-34-36-38-40-56-42-44(43-57-50-49(55)48(54)47(53)45(41-51)59-50)58-46(52)39-37-35-33-31-29-27-25-18-16-14-12-10-8-6-4-2/h44-45,47-51,53-55H,3-43H2,1-2H3. The predicted molar refractivity (Wildman–Crippen MR) is 243 cm³/mol. The summed E-state index contributed by atoms with van der Waals surface area (Å²) in [6.45, 7) is 4.63. The van der Waals surface area contributed by atoms with E-state index in [1.807, 2.05) is 0 Å². The summed E-state index contributed by atoms with van der Waals surface area (Å²) in [7, 11) is 0. The molecule has 6 atom stereocenters. The third-order valence-electron chi connectivity index (χ3n) is 12.3. The van der Waals surface area contributed by atoms with E-state index in [4.69, 9.17) is 18.9 Å². The number of aliphatic hydroxyl groups excluding tert-OH is 4. The van der Waals surface area contributed by atoms with Crippen molar-refractivity contribution in [2.24, 2.45) is 0 Å². The Balaban J connectivity index is 2.17. The van der Waals surface area contributed by atoms with Crippen molar-refractivity contribution in [3.05, 3.63) is 0 Å². The first-order chi connectivity index (χ1) is 28.9. The molecule has 1 fully saturated rings. The van der Waals surface area contributed by atoms with Gasteiger partial charge in [-0.15, -0.1) is 0 Å². The molecule has 0 aromatic carbocycles. The first-order valence-electron chi connectivity index (χ1n) is 25.6. The Labute approximate surface area is 363 Å². The molecule has 1 rings (SSSR count). The Hall–Kier alpha value is -0.810. The van der Waals surface area contributed by atoms with Gasteiger partial charge in [0.25, 0.3) is 0 Å². The fourth-order valence-electron chi connectivity index (χ4n) is 8.26. The summed E-state index contributed by atoms with van der Waals surface area (Å²) in [5, 5.41) is 40.2. The van der Waals surface area contributed by atoms with Gasteiger partial charge < -0.3 is 39.4 Å². The summed E-state index contributed by atoms with van der Waals surface area (Å²) in [6, 6.07) is 0. The van der Waals surface area contributed by atoms with E-state index >= 15 is 0 Å². The van der Waals surface area contributed by atoms with E-state index in [0.29, 0.717) is 13.0 Å². The van der Waals surface area contributed by atoms with Gasteiger partial charge in [-0.2, -0.15) is 0 Å². The molecule has 0 amide bonds. The maximum absolute atomic E-state index is 12.8. The van der Waals surface area contributed by atoms with E-state index < -0.39 is 43.4 Å². The van der Waals surface area contributed by atoms with Crippen LogP contribution in [0.2, 0.25) is 0 Å². The van der Waals surface area contributed by atoms with Gasteiger partial charge in [0.2, 0.25) is 0 Å². The van der Waals surface area contributed by atoms with Crippen LogP contribution in [0, 0.1) is 0 Å². The third-order valence-corrected chi connectivity index (χ3v) is 12.3. The van der Waals surface area contributed by atoms with Crippen LogP contribution >= 0.6 is 0 Å². The lowest BCUT2D eigenvalue weighted by atomic mass is 9.99. The maximum Gasteiger partial charge on any atom is 0.306 e. The molecule has 9 nitrogen and oxygen atoms in total. The fraction of sp³-hybridized carbons (Fsp3) is 0.980. The van der Waals surface area contributed by atoms with Gasteiger partial charge in [0.05, 0.1) is 19.8 Å². The number of carbonyl (C=O) groups is 1. The monoisotopic (exact) mass is 843 g/mol. The van der Waals surface area contributed by atoms with E-state index in [2.05, 4.69) is 13.8 Å². The molecule has 6 unspecified atom stereocenters. The average molecular weight is 843 g/mol. The van der Waals surface area contributed by atoms with Crippen LogP contribution in [0.4, 0.5) is 0 Å². The predicted octanol–water partition coefficient (Wildman–Crippen LogP) is 12.2. The highest BCUT2D eigenvalue weighted by atomic mass is 16.7. The van der Waals surface area contributed by atoms with Crippen molar-refractivity contribution >= 4 is 5.97 Å². The van der Waals surface area contributed by atoms with Crippen molar-refractivity contribution in [1.82, 2.24) is 0 Å². The molecule has 0 bridgehead atoms. The van der Waals surface area contributed by atoms with Crippen molar-refractivity contribution in [2.75, 3.05) is 26.4 Å². The van der Waals surface area contributed by atoms with E-state index in [1.165, 1.54) is 199 Å². The van der Waals surface area contributed by atoms with Crippen LogP contribution in [0.5, 0.6) is 0 Å². The molecule has 352 valence electrons. The molecule has 0 aromatic heterocycles. The molecule has 59 heavy (non-hydrogen) atoms. The Morgan fingerprint density at radius 2 is 0.831 bits per heavy atom. The van der Waals surface area contributed by atoms with Gasteiger partial charge in [-0.1, -0.05) is 232 Å². The zero-order chi connectivity index (χ0) is 42.9. The Bertz CT molecular complexity index is 873. The molecule has 1 heterocycles. The second-order valence-electron chi connectivity index (χ2n) is 18.0. The molecule has 9 heteroatoms. The van der Waals surface area contributed by atoms with Crippen molar-refractivity contribution in [3.63, 3.8) is 0 Å². The molecule has 0 spiro atoms. The summed E-state index contributed by atoms with van der Waals surface area (Å²) < 4.78 is 22.9. The van der Waals surface area contributed by atoms with E-state index in [-0.39, 0.29) is 19.2 Å². The Kier molecular flexibility index (Phi) is 40.5. The minimum atomic E-state index is -1.53. The number of rotatable bonds is 45. The highest BCUT2D eigenvalue weighted by Gasteiger charge is 2.44. The maximum atomic E-state index is 12.8. The van der Waals surface area contributed by atoms with Gasteiger partial charge in [-0.25, -0.2) is 0 Å². The van der Waals surface area contributed by atoms with Crippen LogP contribution in [0.15, 0.2) is 0 Å². The van der Waals surface area contributed by atoms with Gasteiger partial charge in [0.1, 0.15) is 30.5 Å². The largest absolute Gasteiger partial charge is 0.457 e. The summed E-state index contributed by atoms with van der Waals surface area (Å²) in [6.07, 6.45) is 39.9. The van der Waals surface area contributed by atoms with Gasteiger partial charge in [-0.05, 0) is 12.8 Å². The van der Waals surface area contributed by atoms with Crippen LogP contribution in [0.25, 0.3) is 0 Å². The fourth-order valence-corrected chi connectivity index (χ4v) is 8.26. The zero-order valence-corrected chi connectivity index (χ0v) is 38.8. The number of hydrogen-bond acceptors (Lipinski definition) is 9. The molecule has 0 saturated carbocycles. The summed E-state index contributed by atoms with van der Waals surface area (Å²) >= 11 is 0. The highest BCUT2D eigenvalue weighted by Crippen LogP contribution is 2.23. The number of hydrogen-bond donors (Lipinski definition) is 4. The molecular weight excluding hydrogens is 745 g/mol. The van der Waals surface area contributed by atoms with Gasteiger partial charge in [0, 0.05) is 13.0 Å². The van der Waals surface area contributed by atoms with Crippen LogP contribution in [0.1, 0.15) is 251 Å². The number of esters is 1. The summed E-state index contributed by atoms with van der Waals surface area (Å²) in [5.41, 5.74) is 0. The quantitative estimate of drug-likeness (QED) is 0.0349. The Morgan fingerprint density at radius 1 is 0.475 bits per heavy atom. The second-order valence-corrected chi connectivity index (χ2v) is 18.0. The molecule has 1 aliphatic heterocycles. The topological polar surface area (TPSA) is 135 Å². The number of aliphatic hydroxyl groups is 4. The summed E-state index contributed by atoms with van der Waals surface area (Å²) in [4.78, 5) is 12.8. The number of ether oxygens (including phenoxy) is 4. The smallest absolute Gasteiger partial charge is 0.306 e. The SMILES string of the molecule is CCCCCCCCCCCCCCCCCCCCCCCOCC(COC1OC(CO)C(O)C(O)C1O)OC(=O)CCCCCCCCCCCCCCCCC. The van der Waals surface area contributed by atoms with Gasteiger partial charge in [0.15, 0.2) is 6.29 Å². The second kappa shape index (κ2) is 42.5. The highest BCUT2D eigenvalue weighted by molar-refractivity contribution is 5.69. The van der Waals surface area contributed by atoms with Gasteiger partial charge >= 0.3 is 5.97 Å². The third kappa shape index (κ3) is 33.4. The molecule has 1 aliphatic rings. The van der Waals surface area contributed by atoms with Crippen LogP contribution in [-0.2, 0) is 23.7 Å². The van der Waals surface area contributed by atoms with Crippen LogP contribution < -0.4 is 0 Å². The lowest BCUT2D eigenvalue weighted by Gasteiger charge is -2.39. The van der Waals surface area contributed by atoms with Crippen LogP contribution in [0.3, 0.4) is 0 Å². The molecular formula is C50H98O9.